The molecular weight excluding hydrogens is 296 g/mol. The topological polar surface area (TPSA) is 87.7 Å². The van der Waals surface area contributed by atoms with Crippen LogP contribution in [0.2, 0.25) is 0 Å². The molecule has 0 radical (unpaired) electrons. The van der Waals surface area contributed by atoms with E-state index in [2.05, 4.69) is 17.6 Å². The van der Waals surface area contributed by atoms with Crippen molar-refractivity contribution >= 4 is 17.5 Å². The second-order valence-corrected chi connectivity index (χ2v) is 5.30. The lowest BCUT2D eigenvalue weighted by molar-refractivity contribution is -0.136. The molecule has 0 saturated heterocycles. The minimum atomic E-state index is -0.759. The van der Waals surface area contributed by atoms with E-state index in [1.165, 1.54) is 0 Å². The first-order valence-corrected chi connectivity index (χ1v) is 8.06. The molecule has 1 atom stereocenters. The number of carbonyl (C=O) groups is 2. The van der Waals surface area contributed by atoms with Gasteiger partial charge in [-0.3, -0.25) is 9.59 Å². The third kappa shape index (κ3) is 7.15. The van der Waals surface area contributed by atoms with E-state index in [0.717, 1.165) is 25.0 Å². The van der Waals surface area contributed by atoms with E-state index in [9.17, 15) is 9.59 Å². The average molecular weight is 322 g/mol. The first-order chi connectivity index (χ1) is 11.1. The molecular formula is C17H26N2O4. The van der Waals surface area contributed by atoms with E-state index in [1.807, 2.05) is 6.92 Å². The fraction of sp³-hybridized carbons (Fsp3) is 0.529. The van der Waals surface area contributed by atoms with Crippen LogP contribution in [0.1, 0.15) is 39.5 Å². The zero-order chi connectivity index (χ0) is 17.1. The van der Waals surface area contributed by atoms with Gasteiger partial charge in [0.25, 0.3) is 0 Å². The van der Waals surface area contributed by atoms with Gasteiger partial charge >= 0.3 is 11.8 Å². The quantitative estimate of drug-likeness (QED) is 0.480. The fourth-order valence-corrected chi connectivity index (χ4v) is 1.89. The Balaban J connectivity index is 2.44. The van der Waals surface area contributed by atoms with Crippen LogP contribution in [-0.2, 0) is 9.59 Å². The van der Waals surface area contributed by atoms with Crippen LogP contribution in [0.3, 0.4) is 0 Å². The number of benzene rings is 1. The molecule has 0 aliphatic heterocycles. The first kappa shape index (κ1) is 19.0. The zero-order valence-electron chi connectivity index (χ0n) is 13.8. The summed E-state index contributed by atoms with van der Waals surface area (Å²) in [6.07, 6.45) is 3.85. The summed E-state index contributed by atoms with van der Waals surface area (Å²) >= 11 is 0. The Kier molecular flexibility index (Phi) is 8.75. The molecule has 2 amide bonds. The molecule has 6 heteroatoms. The lowest BCUT2D eigenvalue weighted by Crippen LogP contribution is -2.43. The number of aliphatic hydroxyl groups is 1. The van der Waals surface area contributed by atoms with Crippen LogP contribution < -0.4 is 15.4 Å². The molecule has 0 fully saturated rings. The predicted octanol–water partition coefficient (Wildman–Crippen LogP) is 2.08. The Morgan fingerprint density at radius 1 is 1.13 bits per heavy atom. The minimum Gasteiger partial charge on any atom is -0.494 e. The number of anilines is 1. The lowest BCUT2D eigenvalue weighted by Gasteiger charge is -2.13. The molecule has 0 aliphatic rings. The molecule has 1 aromatic carbocycles. The lowest BCUT2D eigenvalue weighted by atomic mass is 10.2. The van der Waals surface area contributed by atoms with Crippen LogP contribution in [0.25, 0.3) is 0 Å². The summed E-state index contributed by atoms with van der Waals surface area (Å²) in [4.78, 5) is 23.5. The molecule has 1 aromatic rings. The largest absolute Gasteiger partial charge is 0.494 e. The number of amides is 2. The van der Waals surface area contributed by atoms with Crippen molar-refractivity contribution in [2.45, 2.75) is 45.6 Å². The number of carbonyl (C=O) groups excluding carboxylic acids is 2. The predicted molar refractivity (Wildman–Crippen MR) is 89.4 cm³/mol. The number of unbranched alkanes of at least 4 members (excludes halogenated alkanes) is 2. The van der Waals surface area contributed by atoms with E-state index in [0.29, 0.717) is 18.7 Å². The Bertz CT molecular complexity index is 484. The Hall–Kier alpha value is -2.08. The molecule has 0 bridgehead atoms. The molecule has 0 spiro atoms. The molecule has 6 nitrogen and oxygen atoms in total. The highest BCUT2D eigenvalue weighted by molar-refractivity contribution is 6.39. The minimum absolute atomic E-state index is 0.195. The van der Waals surface area contributed by atoms with Gasteiger partial charge in [-0.1, -0.05) is 26.7 Å². The molecule has 0 heterocycles. The van der Waals surface area contributed by atoms with Crippen molar-refractivity contribution in [2.24, 2.45) is 0 Å². The smallest absolute Gasteiger partial charge is 0.313 e. The Labute approximate surface area is 137 Å². The van der Waals surface area contributed by atoms with Gasteiger partial charge in [-0.2, -0.15) is 0 Å². The maximum atomic E-state index is 11.8. The number of ether oxygens (including phenoxy) is 1. The summed E-state index contributed by atoms with van der Waals surface area (Å²) in [6, 6.07) is 6.46. The van der Waals surface area contributed by atoms with Gasteiger partial charge in [-0.15, -0.1) is 0 Å². The van der Waals surface area contributed by atoms with Gasteiger partial charge in [0.05, 0.1) is 19.3 Å². The van der Waals surface area contributed by atoms with Crippen LogP contribution in [0.4, 0.5) is 5.69 Å². The summed E-state index contributed by atoms with van der Waals surface area (Å²) in [5, 5.41) is 14.0. The third-order valence-corrected chi connectivity index (χ3v) is 3.38. The zero-order valence-corrected chi connectivity index (χ0v) is 13.8. The van der Waals surface area contributed by atoms with Gasteiger partial charge in [-0.25, -0.2) is 0 Å². The van der Waals surface area contributed by atoms with Gasteiger partial charge in [0.2, 0.25) is 0 Å². The van der Waals surface area contributed by atoms with E-state index >= 15 is 0 Å². The van der Waals surface area contributed by atoms with Crippen LogP contribution >= 0.6 is 0 Å². The number of hydrogen-bond acceptors (Lipinski definition) is 4. The van der Waals surface area contributed by atoms with E-state index in [1.54, 1.807) is 24.3 Å². The van der Waals surface area contributed by atoms with Crippen molar-refractivity contribution in [2.75, 3.05) is 18.5 Å². The van der Waals surface area contributed by atoms with Crippen molar-refractivity contribution in [1.82, 2.24) is 5.32 Å². The van der Waals surface area contributed by atoms with Crippen molar-refractivity contribution in [3.8, 4) is 5.75 Å². The van der Waals surface area contributed by atoms with Crippen molar-refractivity contribution < 1.29 is 19.4 Å². The SMILES string of the molecule is CCCCCOc1ccc(NC(=O)C(=O)N[C@H](CC)CO)cc1. The Morgan fingerprint density at radius 2 is 1.83 bits per heavy atom. The number of hydrogen-bond donors (Lipinski definition) is 3. The van der Waals surface area contributed by atoms with Gasteiger partial charge in [0.1, 0.15) is 5.75 Å². The van der Waals surface area contributed by atoms with Crippen LogP contribution in [0, 0.1) is 0 Å². The van der Waals surface area contributed by atoms with Gasteiger partial charge in [0, 0.05) is 5.69 Å². The van der Waals surface area contributed by atoms with Gasteiger partial charge in [0.15, 0.2) is 0 Å². The van der Waals surface area contributed by atoms with E-state index in [4.69, 9.17) is 9.84 Å². The van der Waals surface area contributed by atoms with Crippen LogP contribution in [0.15, 0.2) is 24.3 Å². The highest BCUT2D eigenvalue weighted by atomic mass is 16.5. The highest BCUT2D eigenvalue weighted by Gasteiger charge is 2.17. The van der Waals surface area contributed by atoms with Crippen LogP contribution in [-0.4, -0.2) is 36.2 Å². The van der Waals surface area contributed by atoms with E-state index < -0.39 is 17.9 Å². The maximum absolute atomic E-state index is 11.8. The molecule has 0 saturated carbocycles. The Morgan fingerprint density at radius 3 is 2.39 bits per heavy atom. The average Bonchev–Trinajstić information content (AvgIpc) is 2.57. The summed E-state index contributed by atoms with van der Waals surface area (Å²) in [6.45, 7) is 4.43. The fourth-order valence-electron chi connectivity index (χ4n) is 1.89. The van der Waals surface area contributed by atoms with Gasteiger partial charge < -0.3 is 20.5 Å². The first-order valence-electron chi connectivity index (χ1n) is 8.06. The van der Waals surface area contributed by atoms with Crippen molar-refractivity contribution in [1.29, 1.82) is 0 Å². The molecule has 128 valence electrons. The van der Waals surface area contributed by atoms with Crippen molar-refractivity contribution in [3.63, 3.8) is 0 Å². The summed E-state index contributed by atoms with van der Waals surface area (Å²) in [5.41, 5.74) is 0.517. The normalized spacial score (nSPS) is 11.6. The molecule has 0 aromatic heterocycles. The standard InChI is InChI=1S/C17H26N2O4/c1-3-5-6-11-23-15-9-7-14(8-10-15)19-17(22)16(21)18-13(4-2)12-20/h7-10,13,20H,3-6,11-12H2,1-2H3,(H,18,21)(H,19,22)/t13-/m1/s1. The third-order valence-electron chi connectivity index (χ3n) is 3.38. The number of nitrogens with one attached hydrogen (secondary N) is 2. The molecule has 0 aliphatic carbocycles. The maximum Gasteiger partial charge on any atom is 0.313 e. The monoisotopic (exact) mass is 322 g/mol. The molecule has 23 heavy (non-hydrogen) atoms. The summed E-state index contributed by atoms with van der Waals surface area (Å²) in [5.74, 6) is -0.783. The number of aliphatic hydroxyl groups excluding tert-OH is 1. The van der Waals surface area contributed by atoms with Gasteiger partial charge in [-0.05, 0) is 37.1 Å². The molecule has 1 rings (SSSR count). The molecule has 0 unspecified atom stereocenters. The highest BCUT2D eigenvalue weighted by Crippen LogP contribution is 2.16. The second kappa shape index (κ2) is 10.6. The van der Waals surface area contributed by atoms with Crippen LogP contribution in [0.5, 0.6) is 5.75 Å². The number of rotatable bonds is 9. The second-order valence-electron chi connectivity index (χ2n) is 5.30. The van der Waals surface area contributed by atoms with E-state index in [-0.39, 0.29) is 6.61 Å². The van der Waals surface area contributed by atoms with Crippen molar-refractivity contribution in [3.05, 3.63) is 24.3 Å². The summed E-state index contributed by atoms with van der Waals surface area (Å²) < 4.78 is 5.58. The summed E-state index contributed by atoms with van der Waals surface area (Å²) in [7, 11) is 0. The molecule has 3 N–H and O–H groups in total.